The van der Waals surface area contributed by atoms with Gasteiger partial charge in [-0.2, -0.15) is 5.10 Å². The first-order chi connectivity index (χ1) is 8.53. The predicted octanol–water partition coefficient (Wildman–Crippen LogP) is 1.69. The van der Waals surface area contributed by atoms with Gasteiger partial charge in [0, 0.05) is 25.7 Å². The number of nitrogens with zero attached hydrogens (tertiary/aromatic N) is 3. The van der Waals surface area contributed by atoms with Gasteiger partial charge in [0.25, 0.3) is 0 Å². The van der Waals surface area contributed by atoms with Crippen LogP contribution >= 0.6 is 0 Å². The Bertz CT molecular complexity index is 388. The number of likely N-dealkylation sites (N-methyl/N-ethyl adjacent to an activating group) is 1. The third-order valence-electron chi connectivity index (χ3n) is 4.34. The van der Waals surface area contributed by atoms with Crippen LogP contribution in [0.15, 0.2) is 6.07 Å². The van der Waals surface area contributed by atoms with Gasteiger partial charge in [0.1, 0.15) is 0 Å². The second-order valence-corrected chi connectivity index (χ2v) is 5.83. The zero-order valence-corrected chi connectivity index (χ0v) is 12.2. The summed E-state index contributed by atoms with van der Waals surface area (Å²) in [5.41, 5.74) is 2.73. The van der Waals surface area contributed by atoms with Gasteiger partial charge < -0.3 is 10.2 Å². The molecule has 102 valence electrons. The first-order valence-corrected chi connectivity index (χ1v) is 6.91. The Kier molecular flexibility index (Phi) is 4.07. The molecule has 0 spiro atoms. The molecule has 1 heterocycles. The zero-order valence-electron chi connectivity index (χ0n) is 12.2. The third-order valence-corrected chi connectivity index (χ3v) is 4.34. The maximum Gasteiger partial charge on any atom is 0.0597 e. The summed E-state index contributed by atoms with van der Waals surface area (Å²) in [6, 6.07) is 2.16. The Balaban J connectivity index is 1.89. The van der Waals surface area contributed by atoms with E-state index in [1.165, 1.54) is 31.4 Å². The lowest BCUT2D eigenvalue weighted by molar-refractivity contribution is 0.153. The maximum absolute atomic E-state index is 4.38. The molecule has 0 saturated heterocycles. The number of aromatic nitrogens is 2. The summed E-state index contributed by atoms with van der Waals surface area (Å²) in [6.07, 6.45) is 5.37. The minimum absolute atomic E-state index is 0.369. The summed E-state index contributed by atoms with van der Waals surface area (Å²) in [6.45, 7) is 4.03. The molecule has 1 saturated carbocycles. The molecule has 4 nitrogen and oxygen atoms in total. The molecule has 2 rings (SSSR count). The fourth-order valence-corrected chi connectivity index (χ4v) is 3.07. The van der Waals surface area contributed by atoms with Crippen molar-refractivity contribution in [2.75, 3.05) is 20.6 Å². The highest BCUT2D eigenvalue weighted by Crippen LogP contribution is 2.33. The van der Waals surface area contributed by atoms with Crippen molar-refractivity contribution in [1.82, 2.24) is 20.0 Å². The number of nitrogens with one attached hydrogen (secondary N) is 1. The van der Waals surface area contributed by atoms with E-state index in [4.69, 9.17) is 0 Å². The first kappa shape index (κ1) is 13.6. The normalized spacial score (nSPS) is 18.7. The Morgan fingerprint density at radius 3 is 2.56 bits per heavy atom. The SMILES string of the molecule is Cc1cc(CNCC2(N(C)C)CCCC2)n(C)n1. The molecule has 0 amide bonds. The molecule has 4 heteroatoms. The van der Waals surface area contributed by atoms with Gasteiger partial charge in [-0.15, -0.1) is 0 Å². The highest BCUT2D eigenvalue weighted by atomic mass is 15.3. The van der Waals surface area contributed by atoms with Crippen LogP contribution in [-0.4, -0.2) is 40.9 Å². The van der Waals surface area contributed by atoms with Crippen molar-refractivity contribution in [3.05, 3.63) is 17.5 Å². The van der Waals surface area contributed by atoms with Crippen LogP contribution in [0.2, 0.25) is 0 Å². The Morgan fingerprint density at radius 2 is 2.06 bits per heavy atom. The second-order valence-electron chi connectivity index (χ2n) is 5.83. The molecule has 1 N–H and O–H groups in total. The van der Waals surface area contributed by atoms with Crippen LogP contribution in [0, 0.1) is 6.92 Å². The second kappa shape index (κ2) is 5.41. The Labute approximate surface area is 110 Å². The zero-order chi connectivity index (χ0) is 13.2. The van der Waals surface area contributed by atoms with Crippen LogP contribution in [0.1, 0.15) is 37.1 Å². The summed E-state index contributed by atoms with van der Waals surface area (Å²) >= 11 is 0. The molecule has 1 aliphatic carbocycles. The van der Waals surface area contributed by atoms with Crippen LogP contribution in [0.4, 0.5) is 0 Å². The van der Waals surface area contributed by atoms with Crippen molar-refractivity contribution >= 4 is 0 Å². The minimum Gasteiger partial charge on any atom is -0.309 e. The molecule has 0 atom stereocenters. The van der Waals surface area contributed by atoms with Crippen molar-refractivity contribution in [2.45, 2.75) is 44.7 Å². The molecule has 0 aromatic carbocycles. The number of hydrogen-bond acceptors (Lipinski definition) is 3. The van der Waals surface area contributed by atoms with E-state index in [1.807, 2.05) is 18.7 Å². The van der Waals surface area contributed by atoms with Crippen molar-refractivity contribution in [3.8, 4) is 0 Å². The lowest BCUT2D eigenvalue weighted by Gasteiger charge is -2.36. The van der Waals surface area contributed by atoms with Gasteiger partial charge in [-0.25, -0.2) is 0 Å². The van der Waals surface area contributed by atoms with E-state index in [0.29, 0.717) is 5.54 Å². The van der Waals surface area contributed by atoms with Crippen LogP contribution in [0.3, 0.4) is 0 Å². The van der Waals surface area contributed by atoms with E-state index in [9.17, 15) is 0 Å². The first-order valence-electron chi connectivity index (χ1n) is 6.91. The van der Waals surface area contributed by atoms with Gasteiger partial charge in [-0.3, -0.25) is 4.68 Å². The van der Waals surface area contributed by atoms with E-state index in [-0.39, 0.29) is 0 Å². The molecule has 0 bridgehead atoms. The summed E-state index contributed by atoms with van der Waals surface area (Å²) in [5.74, 6) is 0. The molecule has 1 fully saturated rings. The van der Waals surface area contributed by atoms with Crippen molar-refractivity contribution in [3.63, 3.8) is 0 Å². The van der Waals surface area contributed by atoms with Gasteiger partial charge in [-0.1, -0.05) is 12.8 Å². The molecule has 1 aromatic heterocycles. The highest BCUT2D eigenvalue weighted by molar-refractivity contribution is 5.08. The van der Waals surface area contributed by atoms with Gasteiger partial charge in [0.05, 0.1) is 11.4 Å². The van der Waals surface area contributed by atoms with Gasteiger partial charge in [0.2, 0.25) is 0 Å². The number of rotatable bonds is 5. The van der Waals surface area contributed by atoms with Crippen LogP contribution in [-0.2, 0) is 13.6 Å². The van der Waals surface area contributed by atoms with E-state index >= 15 is 0 Å². The quantitative estimate of drug-likeness (QED) is 0.863. The molecule has 1 aromatic rings. The van der Waals surface area contributed by atoms with Crippen molar-refractivity contribution in [2.24, 2.45) is 7.05 Å². The number of hydrogen-bond donors (Lipinski definition) is 1. The fourth-order valence-electron chi connectivity index (χ4n) is 3.07. The Morgan fingerprint density at radius 1 is 1.39 bits per heavy atom. The van der Waals surface area contributed by atoms with E-state index in [1.54, 1.807) is 0 Å². The standard InChI is InChI=1S/C14H26N4/c1-12-9-13(18(4)16-12)10-15-11-14(17(2)3)7-5-6-8-14/h9,15H,5-8,10-11H2,1-4H3. The maximum atomic E-state index is 4.38. The Hall–Kier alpha value is -0.870. The molecule has 0 radical (unpaired) electrons. The summed E-state index contributed by atoms with van der Waals surface area (Å²) in [7, 11) is 6.43. The summed E-state index contributed by atoms with van der Waals surface area (Å²) in [5, 5.41) is 8.00. The van der Waals surface area contributed by atoms with Gasteiger partial charge in [0.15, 0.2) is 0 Å². The fraction of sp³-hybridized carbons (Fsp3) is 0.786. The van der Waals surface area contributed by atoms with Gasteiger partial charge in [-0.05, 0) is 39.9 Å². The molecule has 1 aliphatic rings. The molecular weight excluding hydrogens is 224 g/mol. The minimum atomic E-state index is 0.369. The van der Waals surface area contributed by atoms with Crippen LogP contribution < -0.4 is 5.32 Å². The van der Waals surface area contributed by atoms with Crippen molar-refractivity contribution < 1.29 is 0 Å². The van der Waals surface area contributed by atoms with Crippen LogP contribution in [0.5, 0.6) is 0 Å². The predicted molar refractivity (Wildman–Crippen MR) is 74.5 cm³/mol. The third kappa shape index (κ3) is 2.75. The average Bonchev–Trinajstić information content (AvgIpc) is 2.88. The topological polar surface area (TPSA) is 33.1 Å². The monoisotopic (exact) mass is 250 g/mol. The number of aryl methyl sites for hydroxylation is 2. The lowest BCUT2D eigenvalue weighted by Crippen LogP contribution is -2.49. The smallest absolute Gasteiger partial charge is 0.0597 e. The van der Waals surface area contributed by atoms with Crippen molar-refractivity contribution in [1.29, 1.82) is 0 Å². The largest absolute Gasteiger partial charge is 0.309 e. The van der Waals surface area contributed by atoms with E-state index in [2.05, 4.69) is 35.5 Å². The molecule has 0 aliphatic heterocycles. The van der Waals surface area contributed by atoms with E-state index < -0.39 is 0 Å². The summed E-state index contributed by atoms with van der Waals surface area (Å²) in [4.78, 5) is 2.40. The summed E-state index contributed by atoms with van der Waals surface area (Å²) < 4.78 is 1.97. The molecular formula is C14H26N4. The average molecular weight is 250 g/mol. The highest BCUT2D eigenvalue weighted by Gasteiger charge is 2.35. The molecule has 18 heavy (non-hydrogen) atoms. The lowest BCUT2D eigenvalue weighted by atomic mass is 9.96. The van der Waals surface area contributed by atoms with E-state index in [0.717, 1.165) is 18.8 Å². The van der Waals surface area contributed by atoms with Crippen LogP contribution in [0.25, 0.3) is 0 Å². The molecule has 0 unspecified atom stereocenters. The van der Waals surface area contributed by atoms with Gasteiger partial charge >= 0.3 is 0 Å².